The zero-order valence-electron chi connectivity index (χ0n) is 7.70. The van der Waals surface area contributed by atoms with Crippen LogP contribution in [0.4, 0.5) is 0 Å². The minimum absolute atomic E-state index is 0.312. The largest absolute Gasteiger partial charge is 0.479 e. The van der Waals surface area contributed by atoms with Crippen molar-refractivity contribution in [2.24, 2.45) is 0 Å². The Kier molecular flexibility index (Phi) is 7.85. The van der Waals surface area contributed by atoms with E-state index in [4.69, 9.17) is 10.2 Å². The molecule has 0 heterocycles. The lowest BCUT2D eigenvalue weighted by Crippen LogP contribution is -2.24. The average molecular weight is 191 g/mol. The molecule has 0 saturated heterocycles. The summed E-state index contributed by atoms with van der Waals surface area (Å²) in [7, 11) is 0. The number of aliphatic hydroxyl groups is 1. The van der Waals surface area contributed by atoms with E-state index in [1.165, 1.54) is 20.8 Å². The molecule has 0 rings (SSSR count). The molecule has 6 nitrogen and oxygen atoms in total. The van der Waals surface area contributed by atoms with Gasteiger partial charge < -0.3 is 10.2 Å². The topological polar surface area (TPSA) is 104 Å². The van der Waals surface area contributed by atoms with E-state index in [9.17, 15) is 14.4 Å². The van der Waals surface area contributed by atoms with Crippen molar-refractivity contribution in [3.8, 4) is 0 Å². The lowest BCUT2D eigenvalue weighted by molar-refractivity contribution is -0.145. The fourth-order valence-electron chi connectivity index (χ4n) is 0.248. The van der Waals surface area contributed by atoms with Crippen molar-refractivity contribution in [3.63, 3.8) is 0 Å². The Morgan fingerprint density at radius 2 is 1.38 bits per heavy atom. The summed E-state index contributed by atoms with van der Waals surface area (Å²) in [6, 6.07) is 0. The maximum Gasteiger partial charge on any atom is 0.332 e. The summed E-state index contributed by atoms with van der Waals surface area (Å²) >= 11 is 0. The van der Waals surface area contributed by atoms with Crippen LogP contribution in [0.5, 0.6) is 0 Å². The summed E-state index contributed by atoms with van der Waals surface area (Å²) in [4.78, 5) is 29.3. The first kappa shape index (κ1) is 14.1. The molecule has 0 aromatic carbocycles. The number of hydrogen-bond acceptors (Lipinski definition) is 4. The maximum absolute atomic E-state index is 9.92. The second-order valence-electron chi connectivity index (χ2n) is 2.25. The van der Waals surface area contributed by atoms with Crippen LogP contribution in [0, 0.1) is 0 Å². The first-order valence-corrected chi connectivity index (χ1v) is 3.46. The van der Waals surface area contributed by atoms with Crippen LogP contribution >= 0.6 is 0 Å². The van der Waals surface area contributed by atoms with Gasteiger partial charge in [0, 0.05) is 13.8 Å². The highest BCUT2D eigenvalue weighted by atomic mass is 16.4. The van der Waals surface area contributed by atoms with Crippen LogP contribution in [-0.4, -0.2) is 34.1 Å². The Hall–Kier alpha value is -1.43. The number of carboxylic acids is 1. The standard InChI is InChI=1S/C4H7NO2.C3H6O3/c1-3(6)5-4(2)7;1-2(4)3(5)6/h1-2H3,(H,5,6,7);2,4H,1H3,(H,5,6). The Bertz CT molecular complexity index is 187. The van der Waals surface area contributed by atoms with Gasteiger partial charge in [0.15, 0.2) is 0 Å². The number of carbonyl (C=O) groups is 3. The van der Waals surface area contributed by atoms with Gasteiger partial charge in [0.05, 0.1) is 0 Å². The van der Waals surface area contributed by atoms with Crippen molar-refractivity contribution >= 4 is 17.8 Å². The number of rotatable bonds is 1. The van der Waals surface area contributed by atoms with E-state index in [0.29, 0.717) is 0 Å². The molecule has 0 saturated carbocycles. The number of nitrogens with one attached hydrogen (secondary N) is 1. The third-order valence-electron chi connectivity index (χ3n) is 0.709. The van der Waals surface area contributed by atoms with Gasteiger partial charge in [-0.3, -0.25) is 14.9 Å². The van der Waals surface area contributed by atoms with Gasteiger partial charge in [-0.2, -0.15) is 0 Å². The molecule has 0 aromatic heterocycles. The van der Waals surface area contributed by atoms with E-state index >= 15 is 0 Å². The second kappa shape index (κ2) is 7.23. The van der Waals surface area contributed by atoms with E-state index in [1.54, 1.807) is 0 Å². The lowest BCUT2D eigenvalue weighted by atomic mass is 10.4. The lowest BCUT2D eigenvalue weighted by Gasteiger charge is -1.89. The zero-order chi connectivity index (χ0) is 11.0. The Labute approximate surface area is 75.6 Å². The molecule has 0 spiro atoms. The first-order chi connectivity index (χ1) is 5.77. The maximum atomic E-state index is 9.92. The minimum atomic E-state index is -1.23. The Morgan fingerprint density at radius 3 is 1.38 bits per heavy atom. The molecule has 3 N–H and O–H groups in total. The van der Waals surface area contributed by atoms with Crippen LogP contribution in [0.3, 0.4) is 0 Å². The molecular weight excluding hydrogens is 178 g/mol. The van der Waals surface area contributed by atoms with Crippen molar-refractivity contribution in [1.29, 1.82) is 0 Å². The Balaban J connectivity index is 0. The number of aliphatic carboxylic acids is 1. The normalized spacial score (nSPS) is 10.5. The number of carboxylic acid groups (broad SMARTS) is 1. The summed E-state index contributed by atoms with van der Waals surface area (Å²) in [6.45, 7) is 3.78. The van der Waals surface area contributed by atoms with Gasteiger partial charge in [0.25, 0.3) is 0 Å². The fraction of sp³-hybridized carbons (Fsp3) is 0.571. The molecule has 0 aromatic rings. The van der Waals surface area contributed by atoms with Crippen molar-refractivity contribution < 1.29 is 24.6 Å². The number of aliphatic hydroxyl groups excluding tert-OH is 1. The van der Waals surface area contributed by atoms with Gasteiger partial charge >= 0.3 is 5.97 Å². The quantitative estimate of drug-likeness (QED) is 0.499. The highest BCUT2D eigenvalue weighted by Crippen LogP contribution is 1.73. The Morgan fingerprint density at radius 1 is 1.15 bits per heavy atom. The summed E-state index contributed by atoms with van der Waals surface area (Å²) in [5.41, 5.74) is 0. The van der Waals surface area contributed by atoms with Crippen LogP contribution in [0.1, 0.15) is 20.8 Å². The molecule has 0 aliphatic heterocycles. The van der Waals surface area contributed by atoms with Gasteiger partial charge in [0.1, 0.15) is 6.10 Å². The van der Waals surface area contributed by atoms with E-state index in [-0.39, 0.29) is 11.8 Å². The predicted molar refractivity (Wildman–Crippen MR) is 43.8 cm³/mol. The molecule has 0 aliphatic carbocycles. The second-order valence-corrected chi connectivity index (χ2v) is 2.25. The monoisotopic (exact) mass is 191 g/mol. The molecule has 13 heavy (non-hydrogen) atoms. The molecule has 0 fully saturated rings. The van der Waals surface area contributed by atoms with E-state index < -0.39 is 12.1 Å². The minimum Gasteiger partial charge on any atom is -0.479 e. The molecule has 6 heteroatoms. The number of amides is 2. The van der Waals surface area contributed by atoms with Crippen LogP contribution in [0.2, 0.25) is 0 Å². The summed E-state index contributed by atoms with van der Waals surface area (Å²) in [6.07, 6.45) is -1.23. The van der Waals surface area contributed by atoms with E-state index in [1.807, 2.05) is 5.32 Å². The SMILES string of the molecule is CC(=O)NC(C)=O.CC(O)C(=O)O. The van der Waals surface area contributed by atoms with Gasteiger partial charge in [-0.1, -0.05) is 0 Å². The third kappa shape index (κ3) is 18.0. The zero-order valence-corrected chi connectivity index (χ0v) is 7.70. The van der Waals surface area contributed by atoms with Crippen LogP contribution in [-0.2, 0) is 14.4 Å². The van der Waals surface area contributed by atoms with Crippen molar-refractivity contribution in [3.05, 3.63) is 0 Å². The number of carbonyl (C=O) groups excluding carboxylic acids is 2. The van der Waals surface area contributed by atoms with E-state index in [0.717, 1.165) is 0 Å². The fourth-order valence-corrected chi connectivity index (χ4v) is 0.248. The van der Waals surface area contributed by atoms with Crippen molar-refractivity contribution in [1.82, 2.24) is 5.32 Å². The van der Waals surface area contributed by atoms with Crippen molar-refractivity contribution in [2.45, 2.75) is 26.9 Å². The molecule has 2 amide bonds. The number of hydrogen-bond donors (Lipinski definition) is 3. The molecule has 76 valence electrons. The predicted octanol–water partition coefficient (Wildman–Crippen LogP) is -0.879. The van der Waals surface area contributed by atoms with Gasteiger partial charge in [0.2, 0.25) is 11.8 Å². The van der Waals surface area contributed by atoms with Crippen LogP contribution in [0.25, 0.3) is 0 Å². The van der Waals surface area contributed by atoms with Crippen LogP contribution < -0.4 is 5.32 Å². The highest BCUT2D eigenvalue weighted by Gasteiger charge is 2.01. The summed E-state index contributed by atoms with van der Waals surface area (Å²) in [5.74, 6) is -1.81. The number of imide groups is 1. The molecule has 0 bridgehead atoms. The van der Waals surface area contributed by atoms with Crippen LogP contribution in [0.15, 0.2) is 0 Å². The summed E-state index contributed by atoms with van der Waals surface area (Å²) in [5, 5.41) is 17.8. The molecule has 1 atom stereocenters. The average Bonchev–Trinajstić information content (AvgIpc) is 1.84. The smallest absolute Gasteiger partial charge is 0.332 e. The molecule has 0 aliphatic rings. The molecule has 1 unspecified atom stereocenters. The highest BCUT2D eigenvalue weighted by molar-refractivity contribution is 5.92. The van der Waals surface area contributed by atoms with Gasteiger partial charge in [-0.05, 0) is 6.92 Å². The first-order valence-electron chi connectivity index (χ1n) is 3.46. The third-order valence-corrected chi connectivity index (χ3v) is 0.709. The van der Waals surface area contributed by atoms with Gasteiger partial charge in [-0.25, -0.2) is 4.79 Å². The van der Waals surface area contributed by atoms with E-state index in [2.05, 4.69) is 0 Å². The van der Waals surface area contributed by atoms with Gasteiger partial charge in [-0.15, -0.1) is 0 Å². The molecule has 0 radical (unpaired) electrons. The molecular formula is C7H13NO5. The summed E-state index contributed by atoms with van der Waals surface area (Å²) < 4.78 is 0. The van der Waals surface area contributed by atoms with Crippen molar-refractivity contribution in [2.75, 3.05) is 0 Å².